The fourth-order valence-electron chi connectivity index (χ4n) is 2.60. The normalized spacial score (nSPS) is 10.6. The number of methoxy groups -OCH3 is 1. The van der Waals surface area contributed by atoms with Gasteiger partial charge in [0.1, 0.15) is 17.3 Å². The van der Waals surface area contributed by atoms with E-state index in [-0.39, 0.29) is 11.7 Å². The summed E-state index contributed by atoms with van der Waals surface area (Å²) >= 11 is 0. The van der Waals surface area contributed by atoms with Crippen molar-refractivity contribution in [2.45, 2.75) is 13.5 Å². The van der Waals surface area contributed by atoms with E-state index in [1.165, 1.54) is 24.3 Å². The molecule has 0 unspecified atom stereocenters. The van der Waals surface area contributed by atoms with Gasteiger partial charge in [-0.05, 0) is 43.3 Å². The number of carbonyl (C=O) groups is 1. The molecule has 0 N–H and O–H groups in total. The summed E-state index contributed by atoms with van der Waals surface area (Å²) in [6.07, 6.45) is 0. The second-order valence-electron chi connectivity index (χ2n) is 5.74. The Morgan fingerprint density at radius 1 is 1.19 bits per heavy atom. The molecule has 26 heavy (non-hydrogen) atoms. The topological polar surface area (TPSA) is 55.6 Å². The van der Waals surface area contributed by atoms with Gasteiger partial charge in [-0.1, -0.05) is 17.3 Å². The highest BCUT2D eigenvalue weighted by Gasteiger charge is 2.17. The molecule has 3 aromatic rings. The Hall–Kier alpha value is -3.15. The first-order valence-corrected chi connectivity index (χ1v) is 8.25. The van der Waals surface area contributed by atoms with Gasteiger partial charge in [-0.25, -0.2) is 4.39 Å². The zero-order valence-electron chi connectivity index (χ0n) is 14.6. The van der Waals surface area contributed by atoms with Crippen LogP contribution < -0.4 is 4.74 Å². The molecule has 6 heteroatoms. The van der Waals surface area contributed by atoms with Crippen molar-refractivity contribution < 1.29 is 18.4 Å². The third kappa shape index (κ3) is 3.91. The molecule has 2 aromatic carbocycles. The predicted octanol–water partition coefficient (Wildman–Crippen LogP) is 4.15. The van der Waals surface area contributed by atoms with E-state index >= 15 is 0 Å². The Bertz CT molecular complexity index is 890. The third-order valence-corrected chi connectivity index (χ3v) is 4.03. The highest BCUT2D eigenvalue weighted by atomic mass is 19.1. The summed E-state index contributed by atoms with van der Waals surface area (Å²) < 4.78 is 23.7. The number of ether oxygens (including phenoxy) is 1. The second kappa shape index (κ2) is 7.82. The fourth-order valence-corrected chi connectivity index (χ4v) is 2.60. The van der Waals surface area contributed by atoms with Crippen molar-refractivity contribution in [3.05, 3.63) is 71.7 Å². The van der Waals surface area contributed by atoms with Crippen molar-refractivity contribution in [3.8, 4) is 17.1 Å². The molecule has 0 saturated carbocycles. The van der Waals surface area contributed by atoms with Crippen LogP contribution in [0.15, 0.2) is 59.1 Å². The molecule has 0 saturated heterocycles. The number of benzene rings is 2. The van der Waals surface area contributed by atoms with E-state index in [1.54, 1.807) is 18.1 Å². The first-order valence-electron chi connectivity index (χ1n) is 8.25. The molecule has 1 amide bonds. The van der Waals surface area contributed by atoms with E-state index in [1.807, 2.05) is 31.2 Å². The lowest BCUT2D eigenvalue weighted by atomic mass is 10.1. The molecule has 5 nitrogen and oxygen atoms in total. The highest BCUT2D eigenvalue weighted by molar-refractivity contribution is 5.94. The minimum absolute atomic E-state index is 0.182. The number of amides is 1. The number of nitrogens with zero attached hydrogens (tertiary/aromatic N) is 2. The molecule has 0 aliphatic carbocycles. The summed E-state index contributed by atoms with van der Waals surface area (Å²) in [6.45, 7) is 2.68. The molecule has 0 bridgehead atoms. The van der Waals surface area contributed by atoms with Crippen LogP contribution in [0.4, 0.5) is 4.39 Å². The average Bonchev–Trinajstić information content (AvgIpc) is 3.15. The van der Waals surface area contributed by atoms with Crippen LogP contribution in [0.2, 0.25) is 0 Å². The third-order valence-electron chi connectivity index (χ3n) is 4.03. The van der Waals surface area contributed by atoms with Crippen molar-refractivity contribution in [1.82, 2.24) is 10.1 Å². The Balaban J connectivity index is 1.76. The molecule has 0 radical (unpaired) electrons. The van der Waals surface area contributed by atoms with E-state index in [4.69, 9.17) is 9.26 Å². The van der Waals surface area contributed by atoms with Crippen LogP contribution >= 0.6 is 0 Å². The molecule has 0 aliphatic heterocycles. The molecule has 1 aromatic heterocycles. The van der Waals surface area contributed by atoms with Crippen LogP contribution in [-0.2, 0) is 6.54 Å². The summed E-state index contributed by atoms with van der Waals surface area (Å²) in [5, 5.41) is 4.06. The fraction of sp³-hybridized carbons (Fsp3) is 0.200. The highest BCUT2D eigenvalue weighted by Crippen LogP contribution is 2.25. The molecule has 0 aliphatic rings. The lowest BCUT2D eigenvalue weighted by Gasteiger charge is -2.19. The molecule has 3 rings (SSSR count). The largest absolute Gasteiger partial charge is 0.497 e. The number of carbonyl (C=O) groups excluding carboxylic acids is 1. The van der Waals surface area contributed by atoms with Crippen LogP contribution in [0.5, 0.6) is 5.75 Å². The molecule has 134 valence electrons. The summed E-state index contributed by atoms with van der Waals surface area (Å²) in [4.78, 5) is 14.2. The van der Waals surface area contributed by atoms with Gasteiger partial charge < -0.3 is 14.2 Å². The Morgan fingerprint density at radius 3 is 2.65 bits per heavy atom. The number of rotatable bonds is 6. The Morgan fingerprint density at radius 2 is 1.96 bits per heavy atom. The lowest BCUT2D eigenvalue weighted by molar-refractivity contribution is 0.0749. The second-order valence-corrected chi connectivity index (χ2v) is 5.74. The van der Waals surface area contributed by atoms with E-state index in [0.717, 1.165) is 11.3 Å². The van der Waals surface area contributed by atoms with Gasteiger partial charge in [0.25, 0.3) is 5.91 Å². The first-order chi connectivity index (χ1) is 12.6. The van der Waals surface area contributed by atoms with Gasteiger partial charge >= 0.3 is 0 Å². The minimum atomic E-state index is -0.371. The zero-order chi connectivity index (χ0) is 18.5. The standard InChI is InChI=1S/C20H19FN2O3/c1-3-23(20(24)14-7-9-16(21)10-8-14)13-17-12-19(26-22-17)15-5-4-6-18(11-15)25-2/h4-12H,3,13H2,1-2H3. The van der Waals surface area contributed by atoms with E-state index < -0.39 is 0 Å². The van der Waals surface area contributed by atoms with Crippen molar-refractivity contribution in [2.24, 2.45) is 0 Å². The quantitative estimate of drug-likeness (QED) is 0.667. The number of hydrogen-bond donors (Lipinski definition) is 0. The summed E-state index contributed by atoms with van der Waals surface area (Å²) in [5.41, 5.74) is 1.92. The maximum Gasteiger partial charge on any atom is 0.254 e. The van der Waals surface area contributed by atoms with Gasteiger partial charge in [0.05, 0.1) is 13.7 Å². The lowest BCUT2D eigenvalue weighted by Crippen LogP contribution is -2.30. The smallest absolute Gasteiger partial charge is 0.254 e. The first kappa shape index (κ1) is 17.7. The van der Waals surface area contributed by atoms with Crippen molar-refractivity contribution in [2.75, 3.05) is 13.7 Å². The molecular weight excluding hydrogens is 335 g/mol. The Labute approximate surface area is 151 Å². The van der Waals surface area contributed by atoms with Crippen molar-refractivity contribution in [1.29, 1.82) is 0 Å². The van der Waals surface area contributed by atoms with Gasteiger partial charge in [0.2, 0.25) is 0 Å². The molecule has 0 atom stereocenters. The zero-order valence-corrected chi connectivity index (χ0v) is 14.6. The number of aromatic nitrogens is 1. The van der Waals surface area contributed by atoms with Gasteiger partial charge in [-0.2, -0.15) is 0 Å². The molecule has 0 spiro atoms. The van der Waals surface area contributed by atoms with Gasteiger partial charge in [-0.15, -0.1) is 0 Å². The summed E-state index contributed by atoms with van der Waals surface area (Å²) in [7, 11) is 1.60. The van der Waals surface area contributed by atoms with Crippen LogP contribution in [0.3, 0.4) is 0 Å². The van der Waals surface area contributed by atoms with Crippen LogP contribution in [0.1, 0.15) is 23.0 Å². The van der Waals surface area contributed by atoms with Gasteiger partial charge in [-0.3, -0.25) is 4.79 Å². The van der Waals surface area contributed by atoms with Crippen LogP contribution in [0, 0.1) is 5.82 Å². The maximum absolute atomic E-state index is 13.0. The van der Waals surface area contributed by atoms with E-state index in [9.17, 15) is 9.18 Å². The molecule has 0 fully saturated rings. The van der Waals surface area contributed by atoms with E-state index in [0.29, 0.717) is 30.1 Å². The molecular formula is C20H19FN2O3. The summed E-state index contributed by atoms with van der Waals surface area (Å²) in [6, 6.07) is 14.8. The van der Waals surface area contributed by atoms with Crippen LogP contribution in [0.25, 0.3) is 11.3 Å². The number of hydrogen-bond acceptors (Lipinski definition) is 4. The number of halogens is 1. The average molecular weight is 354 g/mol. The summed E-state index contributed by atoms with van der Waals surface area (Å²) in [5.74, 6) is 0.772. The Kier molecular flexibility index (Phi) is 5.31. The van der Waals surface area contributed by atoms with E-state index in [2.05, 4.69) is 5.16 Å². The maximum atomic E-state index is 13.0. The monoisotopic (exact) mass is 354 g/mol. The molecule has 1 heterocycles. The van der Waals surface area contributed by atoms with Crippen molar-refractivity contribution in [3.63, 3.8) is 0 Å². The SMILES string of the molecule is CCN(Cc1cc(-c2cccc(OC)c2)on1)C(=O)c1ccc(F)cc1. The van der Waals surface area contributed by atoms with Gasteiger partial charge in [0, 0.05) is 23.7 Å². The van der Waals surface area contributed by atoms with Crippen LogP contribution in [-0.4, -0.2) is 29.6 Å². The predicted molar refractivity (Wildman–Crippen MR) is 95.3 cm³/mol. The van der Waals surface area contributed by atoms with Crippen molar-refractivity contribution >= 4 is 5.91 Å². The minimum Gasteiger partial charge on any atom is -0.497 e. The van der Waals surface area contributed by atoms with Gasteiger partial charge in [0.15, 0.2) is 5.76 Å².